The molecule has 0 amide bonds. The highest BCUT2D eigenvalue weighted by molar-refractivity contribution is 4.85. The van der Waals surface area contributed by atoms with Crippen molar-refractivity contribution in [3.63, 3.8) is 0 Å². The Morgan fingerprint density at radius 3 is 1.70 bits per heavy atom. The van der Waals surface area contributed by atoms with Gasteiger partial charge in [0.05, 0.1) is 0 Å². The van der Waals surface area contributed by atoms with Gasteiger partial charge in [0, 0.05) is 13.1 Å². The molecule has 2 nitrogen and oxygen atoms in total. The van der Waals surface area contributed by atoms with Crippen LogP contribution in [0.25, 0.3) is 0 Å². The fourth-order valence-corrected chi connectivity index (χ4v) is 1.93. The molecule has 10 heavy (non-hydrogen) atoms. The molecule has 2 N–H and O–H groups in total. The molecule has 0 aromatic rings. The number of hydrogen-bond donors (Lipinski definition) is 2. The summed E-state index contributed by atoms with van der Waals surface area (Å²) in [6.07, 6.45) is 2.92. The van der Waals surface area contributed by atoms with Gasteiger partial charge in [-0.2, -0.15) is 0 Å². The molecule has 1 heterocycles. The Bertz CT molecular complexity index is 99.8. The standard InChI is InChI=1S/C8H16N2/c1-2-8-6-10-4-3-9-5-7(1)8/h7-10H,1-6H2. The van der Waals surface area contributed by atoms with E-state index >= 15 is 0 Å². The minimum atomic E-state index is 0.993. The van der Waals surface area contributed by atoms with Gasteiger partial charge in [0.25, 0.3) is 0 Å². The lowest BCUT2D eigenvalue weighted by molar-refractivity contribution is 0.158. The Balaban J connectivity index is 1.83. The van der Waals surface area contributed by atoms with Gasteiger partial charge in [-0.05, 0) is 37.8 Å². The minimum absolute atomic E-state index is 0.993. The molecule has 0 aromatic heterocycles. The van der Waals surface area contributed by atoms with Gasteiger partial charge in [-0.1, -0.05) is 0 Å². The number of nitrogens with one attached hydrogen (secondary N) is 2. The van der Waals surface area contributed by atoms with Crippen LogP contribution in [0.1, 0.15) is 12.8 Å². The van der Waals surface area contributed by atoms with Crippen molar-refractivity contribution in [1.82, 2.24) is 10.6 Å². The first-order valence-electron chi connectivity index (χ1n) is 4.38. The summed E-state index contributed by atoms with van der Waals surface area (Å²) in [6.45, 7) is 4.85. The van der Waals surface area contributed by atoms with Crippen LogP contribution in [0, 0.1) is 11.8 Å². The zero-order chi connectivity index (χ0) is 6.81. The van der Waals surface area contributed by atoms with E-state index in [4.69, 9.17) is 0 Å². The summed E-state index contributed by atoms with van der Waals surface area (Å²) >= 11 is 0. The molecule has 0 radical (unpaired) electrons. The van der Waals surface area contributed by atoms with Crippen molar-refractivity contribution in [3.8, 4) is 0 Å². The lowest BCUT2D eigenvalue weighted by atomic mass is 9.73. The highest BCUT2D eigenvalue weighted by atomic mass is 15.0. The first kappa shape index (κ1) is 6.62. The van der Waals surface area contributed by atoms with E-state index in [0.717, 1.165) is 24.9 Å². The third-order valence-electron chi connectivity index (χ3n) is 2.87. The lowest BCUT2D eigenvalue weighted by Crippen LogP contribution is -2.46. The summed E-state index contributed by atoms with van der Waals surface area (Å²) in [4.78, 5) is 0. The Kier molecular flexibility index (Phi) is 1.91. The largest absolute Gasteiger partial charge is 0.315 e. The zero-order valence-corrected chi connectivity index (χ0v) is 6.40. The van der Waals surface area contributed by atoms with E-state index in [-0.39, 0.29) is 0 Å². The van der Waals surface area contributed by atoms with E-state index < -0.39 is 0 Å². The Hall–Kier alpha value is -0.0800. The van der Waals surface area contributed by atoms with E-state index in [0.29, 0.717) is 0 Å². The van der Waals surface area contributed by atoms with Crippen LogP contribution in [-0.4, -0.2) is 26.2 Å². The van der Waals surface area contributed by atoms with E-state index in [2.05, 4.69) is 10.6 Å². The number of hydrogen-bond acceptors (Lipinski definition) is 2. The van der Waals surface area contributed by atoms with Crippen LogP contribution in [-0.2, 0) is 0 Å². The van der Waals surface area contributed by atoms with E-state index in [1.54, 1.807) is 0 Å². The van der Waals surface area contributed by atoms with Gasteiger partial charge in [0.1, 0.15) is 0 Å². The van der Waals surface area contributed by atoms with Gasteiger partial charge in [-0.15, -0.1) is 0 Å². The van der Waals surface area contributed by atoms with Crippen LogP contribution < -0.4 is 10.6 Å². The fourth-order valence-electron chi connectivity index (χ4n) is 1.93. The molecular weight excluding hydrogens is 124 g/mol. The molecule has 1 saturated heterocycles. The van der Waals surface area contributed by atoms with E-state index in [9.17, 15) is 0 Å². The molecule has 1 saturated carbocycles. The average Bonchev–Trinajstić information content (AvgIpc) is 1.89. The predicted molar refractivity (Wildman–Crippen MR) is 42.0 cm³/mol. The normalized spacial score (nSPS) is 40.8. The molecule has 1 aliphatic carbocycles. The van der Waals surface area contributed by atoms with Gasteiger partial charge >= 0.3 is 0 Å². The fraction of sp³-hybridized carbons (Fsp3) is 1.00. The summed E-state index contributed by atoms with van der Waals surface area (Å²) in [6, 6.07) is 0. The molecule has 0 bridgehead atoms. The maximum absolute atomic E-state index is 3.46. The van der Waals surface area contributed by atoms with Gasteiger partial charge in [-0.25, -0.2) is 0 Å². The molecule has 2 heteroatoms. The number of fused-ring (bicyclic) bond motifs is 1. The Morgan fingerprint density at radius 2 is 1.30 bits per heavy atom. The van der Waals surface area contributed by atoms with Crippen molar-refractivity contribution >= 4 is 0 Å². The third kappa shape index (κ3) is 1.18. The van der Waals surface area contributed by atoms with Crippen LogP contribution in [0.15, 0.2) is 0 Å². The van der Waals surface area contributed by atoms with Crippen molar-refractivity contribution in [2.75, 3.05) is 26.2 Å². The summed E-state index contributed by atoms with van der Waals surface area (Å²) in [7, 11) is 0. The summed E-state index contributed by atoms with van der Waals surface area (Å²) in [5, 5.41) is 6.91. The molecule has 0 aromatic carbocycles. The van der Waals surface area contributed by atoms with Gasteiger partial charge in [0.15, 0.2) is 0 Å². The molecule has 0 spiro atoms. The SMILES string of the molecule is C1CNCC2CCC2CN1. The van der Waals surface area contributed by atoms with E-state index in [1.807, 2.05) is 0 Å². The Morgan fingerprint density at radius 1 is 0.800 bits per heavy atom. The second-order valence-electron chi connectivity index (χ2n) is 3.51. The average molecular weight is 140 g/mol. The van der Waals surface area contributed by atoms with Gasteiger partial charge < -0.3 is 10.6 Å². The number of rotatable bonds is 0. The van der Waals surface area contributed by atoms with Gasteiger partial charge in [-0.3, -0.25) is 0 Å². The van der Waals surface area contributed by atoms with E-state index in [1.165, 1.54) is 25.9 Å². The monoisotopic (exact) mass is 140 g/mol. The molecule has 2 aliphatic rings. The molecule has 2 rings (SSSR count). The van der Waals surface area contributed by atoms with Crippen LogP contribution in [0.3, 0.4) is 0 Å². The molecule has 1 aliphatic heterocycles. The lowest BCUT2D eigenvalue weighted by Gasteiger charge is -2.38. The highest BCUT2D eigenvalue weighted by Gasteiger charge is 2.30. The smallest absolute Gasteiger partial charge is 0.00768 e. The summed E-state index contributed by atoms with van der Waals surface area (Å²) < 4.78 is 0. The molecule has 2 fully saturated rings. The second kappa shape index (κ2) is 2.89. The summed E-state index contributed by atoms with van der Waals surface area (Å²) in [5.41, 5.74) is 0. The molecule has 2 unspecified atom stereocenters. The van der Waals surface area contributed by atoms with Crippen molar-refractivity contribution < 1.29 is 0 Å². The molecule has 2 atom stereocenters. The summed E-state index contributed by atoms with van der Waals surface area (Å²) in [5.74, 6) is 1.99. The van der Waals surface area contributed by atoms with Crippen molar-refractivity contribution in [2.45, 2.75) is 12.8 Å². The minimum Gasteiger partial charge on any atom is -0.315 e. The predicted octanol–water partition coefficient (Wildman–Crippen LogP) is 0.205. The Labute approximate surface area is 62.4 Å². The third-order valence-corrected chi connectivity index (χ3v) is 2.87. The first-order chi connectivity index (χ1) is 4.97. The maximum Gasteiger partial charge on any atom is 0.00768 e. The van der Waals surface area contributed by atoms with Crippen LogP contribution in [0.5, 0.6) is 0 Å². The van der Waals surface area contributed by atoms with Crippen molar-refractivity contribution in [2.24, 2.45) is 11.8 Å². The van der Waals surface area contributed by atoms with Crippen LogP contribution >= 0.6 is 0 Å². The van der Waals surface area contributed by atoms with Crippen molar-refractivity contribution in [3.05, 3.63) is 0 Å². The molecule has 58 valence electrons. The van der Waals surface area contributed by atoms with Crippen LogP contribution in [0.4, 0.5) is 0 Å². The quantitative estimate of drug-likeness (QED) is 0.502. The topological polar surface area (TPSA) is 24.1 Å². The highest BCUT2D eigenvalue weighted by Crippen LogP contribution is 2.33. The second-order valence-corrected chi connectivity index (χ2v) is 3.51. The zero-order valence-electron chi connectivity index (χ0n) is 6.40. The maximum atomic E-state index is 3.46. The van der Waals surface area contributed by atoms with Crippen LogP contribution in [0.2, 0.25) is 0 Å². The first-order valence-corrected chi connectivity index (χ1v) is 4.38. The van der Waals surface area contributed by atoms with Crippen molar-refractivity contribution in [1.29, 1.82) is 0 Å². The van der Waals surface area contributed by atoms with Gasteiger partial charge in [0.2, 0.25) is 0 Å². The molecular formula is C8H16N2.